The molecule has 0 spiro atoms. The number of benzene rings is 16. The van der Waals surface area contributed by atoms with Crippen molar-refractivity contribution in [2.45, 2.75) is 0 Å². The summed E-state index contributed by atoms with van der Waals surface area (Å²) >= 11 is 0. The highest BCUT2D eigenvalue weighted by Gasteiger charge is 2.30. The first kappa shape index (κ1) is 68.3. The minimum atomic E-state index is -3.09. The predicted octanol–water partition coefficient (Wildman–Crippen LogP) is 24.3. The van der Waals surface area contributed by atoms with E-state index in [2.05, 4.69) is 258 Å². The molecule has 5 aromatic heterocycles. The van der Waals surface area contributed by atoms with Crippen LogP contribution >= 0.6 is 7.14 Å². The Bertz CT molecular complexity index is 7100. The van der Waals surface area contributed by atoms with Gasteiger partial charge in [-0.2, -0.15) is 0 Å². The van der Waals surface area contributed by atoms with Crippen molar-refractivity contribution in [3.8, 4) is 113 Å². The van der Waals surface area contributed by atoms with Crippen molar-refractivity contribution >= 4 is 88.5 Å². The average Bonchev–Trinajstić information content (AvgIpc) is 1.46. The van der Waals surface area contributed by atoms with E-state index >= 15 is 4.57 Å². The summed E-state index contributed by atoms with van der Waals surface area (Å²) in [5.74, 6) is 3.67. The van der Waals surface area contributed by atoms with Crippen molar-refractivity contribution in [1.82, 2.24) is 44.0 Å². The van der Waals surface area contributed by atoms with Crippen molar-refractivity contribution in [2.24, 2.45) is 0 Å². The van der Waals surface area contributed by atoms with Gasteiger partial charge in [0.1, 0.15) is 11.6 Å². The zero-order chi connectivity index (χ0) is 75.9. The molecule has 536 valence electrons. The first-order valence-corrected chi connectivity index (χ1v) is 39.8. The number of aromatic nitrogens is 9. The quantitative estimate of drug-likeness (QED) is 0.0780. The second-order valence-electron chi connectivity index (χ2n) is 28.2. The van der Waals surface area contributed by atoms with E-state index < -0.39 is 7.14 Å². The Hall–Kier alpha value is -15.0. The fraction of sp³-hybridized carbons (Fsp3) is 0. The molecule has 114 heavy (non-hydrogen) atoms. The van der Waals surface area contributed by atoms with Gasteiger partial charge in [-0.05, 0) is 93.7 Å². The molecular weight excluding hydrogens is 1410 g/mol. The van der Waals surface area contributed by atoms with Gasteiger partial charge in [-0.3, -0.25) is 9.13 Å². The minimum Gasteiger partial charge on any atom is -0.309 e. The highest BCUT2D eigenvalue weighted by Crippen LogP contribution is 2.46. The van der Waals surface area contributed by atoms with Crippen LogP contribution in [0.15, 0.2) is 413 Å². The molecule has 0 N–H and O–H groups in total. The molecule has 21 rings (SSSR count). The molecular formula is C103H68N9OP. The highest BCUT2D eigenvalue weighted by molar-refractivity contribution is 7.85. The Morgan fingerprint density at radius 1 is 0.211 bits per heavy atom. The van der Waals surface area contributed by atoms with Crippen LogP contribution in [-0.2, 0) is 4.57 Å². The molecule has 0 unspecified atom stereocenters. The molecule has 5 heterocycles. The van der Waals surface area contributed by atoms with Gasteiger partial charge in [-0.1, -0.05) is 352 Å². The molecule has 0 aliphatic carbocycles. The van der Waals surface area contributed by atoms with Gasteiger partial charge in [0.15, 0.2) is 24.6 Å². The zero-order valence-electron chi connectivity index (χ0n) is 61.6. The molecule has 0 saturated heterocycles. The maximum Gasteiger partial charge on any atom is 0.171 e. The molecule has 0 aliphatic rings. The minimum absolute atomic E-state index is 0.624. The van der Waals surface area contributed by atoms with Gasteiger partial charge in [-0.25, -0.2) is 34.9 Å². The average molecular weight is 1480 g/mol. The van der Waals surface area contributed by atoms with Gasteiger partial charge in [-0.15, -0.1) is 0 Å². The fourth-order valence-corrected chi connectivity index (χ4v) is 18.5. The standard InChI is InChI=1S/C53H34N6.C50H34N3OP/c1-5-16-36(17-6-1)50-56-51(37-18-7-2-8-19-37)58-52(57-50)38-30-28-35(29-31-38)40-22-15-23-41(34-40)48-47-44(43-26-13-14-27-45(43)54-48)32-33-46-49(47)55-53(39-20-9-3-10-21-39)59(46)42-24-11-4-12-25-42;54-55(40-22-9-3-10-23-40,41-24-11-4-12-25-41)42-30-28-35(29-31-42)37-18-15-19-38(34-37)48-47-44(43-26-13-14-27-45(43)51-48)32-33-46-49(47)52-50(36-16-5-1-6-17-36)53(46)39-20-7-2-8-21-39/h1-34H;1-34H. The number of para-hydroxylation sites is 4. The smallest absolute Gasteiger partial charge is 0.171 e. The van der Waals surface area contributed by atoms with Crippen LogP contribution in [0, 0.1) is 0 Å². The molecule has 21 aromatic rings. The second-order valence-corrected chi connectivity index (χ2v) is 31.0. The maximum atomic E-state index is 15.0. The highest BCUT2D eigenvalue weighted by atomic mass is 31.2. The van der Waals surface area contributed by atoms with Crippen molar-refractivity contribution in [3.05, 3.63) is 413 Å². The third kappa shape index (κ3) is 12.6. The molecule has 0 fully saturated rings. The fourth-order valence-electron chi connectivity index (χ4n) is 15.9. The van der Waals surface area contributed by atoms with E-state index in [1.807, 2.05) is 164 Å². The molecule has 16 aromatic carbocycles. The van der Waals surface area contributed by atoms with Crippen LogP contribution in [0.2, 0.25) is 0 Å². The first-order chi connectivity index (χ1) is 56.4. The molecule has 0 saturated carbocycles. The van der Waals surface area contributed by atoms with Gasteiger partial charge in [0.25, 0.3) is 0 Å². The lowest BCUT2D eigenvalue weighted by Crippen LogP contribution is -2.24. The third-order valence-electron chi connectivity index (χ3n) is 21.3. The SMILES string of the molecule is O=P(c1ccccc1)(c1ccccc1)c1ccc(-c2cccc(-c3nc4ccccc4c4ccc5c(nc(-c6ccccc6)n5-c5ccccc5)c34)c2)cc1.c1ccc(-c2nc(-c3ccccc3)nc(-c3ccc(-c4cccc(-c5nc6ccccc6c6ccc7c(nc(-c8ccccc8)n7-c7ccccc7)c56)c4)cc3)n2)cc1. The third-order valence-corrected chi connectivity index (χ3v) is 24.4. The van der Waals surface area contributed by atoms with Crippen molar-refractivity contribution in [1.29, 1.82) is 0 Å². The van der Waals surface area contributed by atoms with Crippen molar-refractivity contribution in [2.75, 3.05) is 0 Å². The first-order valence-electron chi connectivity index (χ1n) is 38.1. The Morgan fingerprint density at radius 3 is 0.904 bits per heavy atom. The van der Waals surface area contributed by atoms with E-state index in [0.717, 1.165) is 177 Å². The predicted molar refractivity (Wildman–Crippen MR) is 469 cm³/mol. The van der Waals surface area contributed by atoms with E-state index in [9.17, 15) is 0 Å². The van der Waals surface area contributed by atoms with E-state index in [1.165, 1.54) is 0 Å². The van der Waals surface area contributed by atoms with Gasteiger partial charge < -0.3 is 4.57 Å². The summed E-state index contributed by atoms with van der Waals surface area (Å²) in [6, 6.07) is 141. The number of rotatable bonds is 14. The molecule has 10 nitrogen and oxygen atoms in total. The summed E-state index contributed by atoms with van der Waals surface area (Å²) < 4.78 is 19.6. The van der Waals surface area contributed by atoms with Gasteiger partial charge in [0.05, 0.1) is 44.5 Å². The summed E-state index contributed by atoms with van der Waals surface area (Å²) in [7, 11) is -3.09. The topological polar surface area (TPSA) is 117 Å². The summed E-state index contributed by atoms with van der Waals surface area (Å²) in [5, 5.41) is 8.90. The summed E-state index contributed by atoms with van der Waals surface area (Å²) in [6.07, 6.45) is 0. The molecule has 0 amide bonds. The lowest BCUT2D eigenvalue weighted by atomic mass is 9.96. The lowest BCUT2D eigenvalue weighted by molar-refractivity contribution is 0.592. The molecule has 0 bridgehead atoms. The van der Waals surface area contributed by atoms with Crippen LogP contribution in [0.3, 0.4) is 0 Å². The van der Waals surface area contributed by atoms with Crippen molar-refractivity contribution < 1.29 is 4.57 Å². The number of nitrogens with zero attached hydrogens (tertiary/aromatic N) is 9. The number of fused-ring (bicyclic) bond motifs is 10. The van der Waals surface area contributed by atoms with Gasteiger partial charge >= 0.3 is 0 Å². The Morgan fingerprint density at radius 2 is 0.509 bits per heavy atom. The van der Waals surface area contributed by atoms with Crippen LogP contribution < -0.4 is 15.9 Å². The van der Waals surface area contributed by atoms with Crippen LogP contribution in [0.1, 0.15) is 0 Å². The largest absolute Gasteiger partial charge is 0.309 e. The molecule has 0 aliphatic heterocycles. The van der Waals surface area contributed by atoms with E-state index in [1.54, 1.807) is 0 Å². The molecule has 0 atom stereocenters. The van der Waals surface area contributed by atoms with E-state index in [0.29, 0.717) is 17.5 Å². The molecule has 0 radical (unpaired) electrons. The Balaban J connectivity index is 0.000000148. The van der Waals surface area contributed by atoms with Crippen molar-refractivity contribution in [3.63, 3.8) is 0 Å². The van der Waals surface area contributed by atoms with Crippen LogP contribution in [0.4, 0.5) is 0 Å². The molecule has 11 heteroatoms. The zero-order valence-corrected chi connectivity index (χ0v) is 62.5. The summed E-state index contributed by atoms with van der Waals surface area (Å²) in [4.78, 5) is 36.4. The van der Waals surface area contributed by atoms with Crippen LogP contribution in [0.25, 0.3) is 179 Å². The van der Waals surface area contributed by atoms with Gasteiger partial charge in [0.2, 0.25) is 0 Å². The van der Waals surface area contributed by atoms with Crippen LogP contribution in [-0.4, -0.2) is 44.0 Å². The summed E-state index contributed by atoms with van der Waals surface area (Å²) in [6.45, 7) is 0. The summed E-state index contributed by atoms with van der Waals surface area (Å²) in [5.41, 5.74) is 20.8. The number of pyridine rings is 2. The maximum absolute atomic E-state index is 15.0. The van der Waals surface area contributed by atoms with Crippen LogP contribution in [0.5, 0.6) is 0 Å². The second kappa shape index (κ2) is 29.5. The monoisotopic (exact) mass is 1480 g/mol. The normalized spacial score (nSPS) is 11.5. The number of hydrogen-bond acceptors (Lipinski definition) is 8. The van der Waals surface area contributed by atoms with E-state index in [4.69, 9.17) is 34.9 Å². The Labute approximate surface area is 658 Å². The Kier molecular flexibility index (Phi) is 17.7. The number of hydrogen-bond donors (Lipinski definition) is 0. The number of imidazole rings is 2. The van der Waals surface area contributed by atoms with E-state index in [-0.39, 0.29) is 0 Å². The lowest BCUT2D eigenvalue weighted by Gasteiger charge is -2.20. The van der Waals surface area contributed by atoms with Gasteiger partial charge in [0, 0.05) is 87.8 Å².